The fourth-order valence-electron chi connectivity index (χ4n) is 0.685. The fraction of sp³-hybridized carbons (Fsp3) is 1.00. The maximum absolute atomic E-state index is 11.1. The number of alkyl halides is 1. The highest BCUT2D eigenvalue weighted by Gasteiger charge is 2.34. The van der Waals surface area contributed by atoms with Gasteiger partial charge in [-0.3, -0.25) is 4.55 Å². The van der Waals surface area contributed by atoms with Crippen LogP contribution in [0.4, 0.5) is 0 Å². The van der Waals surface area contributed by atoms with E-state index in [1.165, 1.54) is 0 Å². The van der Waals surface area contributed by atoms with Crippen molar-refractivity contribution < 1.29 is 21.4 Å². The third-order valence-electron chi connectivity index (χ3n) is 1.31. The lowest BCUT2D eigenvalue weighted by atomic mass is 10.6. The van der Waals surface area contributed by atoms with E-state index >= 15 is 0 Å². The topological polar surface area (TPSA) is 101 Å². The molecule has 80 valence electrons. The zero-order valence-corrected chi connectivity index (χ0v) is 9.99. The fourth-order valence-corrected chi connectivity index (χ4v) is 4.42. The number of hydrogen-bond acceptors (Lipinski definition) is 4. The molecule has 1 atom stereocenters. The van der Waals surface area contributed by atoms with Crippen LogP contribution in [0.3, 0.4) is 0 Å². The average Bonchev–Trinajstić information content (AvgIpc) is 1.98. The molecule has 9 heteroatoms. The summed E-state index contributed by atoms with van der Waals surface area (Å²) in [6.07, 6.45) is -0.206. The molecule has 1 unspecified atom stereocenters. The van der Waals surface area contributed by atoms with Crippen molar-refractivity contribution in [2.45, 2.75) is 11.0 Å². The van der Waals surface area contributed by atoms with Gasteiger partial charge in [-0.05, 0) is 13.5 Å². The summed E-state index contributed by atoms with van der Waals surface area (Å²) in [5.74, 6) is 0. The van der Waals surface area contributed by atoms with E-state index in [0.717, 1.165) is 7.05 Å². The second-order valence-corrected chi connectivity index (χ2v) is 6.93. The summed E-state index contributed by atoms with van der Waals surface area (Å²) in [5, 5.41) is 0.165. The Morgan fingerprint density at radius 3 is 2.08 bits per heavy atom. The molecule has 0 saturated heterocycles. The molecule has 0 heterocycles. The number of nitrogens with one attached hydrogen (secondary N) is 1. The van der Waals surface area contributed by atoms with Crippen LogP contribution in [0.25, 0.3) is 0 Å². The SMILES string of the molecule is CNS(=O)(=O)C(CCBr)S(=O)(=O)O. The smallest absolute Gasteiger partial charge is 0.283 e. The first-order chi connectivity index (χ1) is 5.75. The molecule has 6 nitrogen and oxygen atoms in total. The molecule has 0 aromatic heterocycles. The van der Waals surface area contributed by atoms with Gasteiger partial charge >= 0.3 is 0 Å². The summed E-state index contributed by atoms with van der Waals surface area (Å²) in [6, 6.07) is 0. The molecule has 0 rings (SSSR count). The minimum atomic E-state index is -4.58. The summed E-state index contributed by atoms with van der Waals surface area (Å²) in [7, 11) is -7.49. The van der Waals surface area contributed by atoms with Crippen LogP contribution in [0.1, 0.15) is 6.42 Å². The van der Waals surface area contributed by atoms with Crippen LogP contribution >= 0.6 is 15.9 Å². The molecule has 13 heavy (non-hydrogen) atoms. The van der Waals surface area contributed by atoms with Gasteiger partial charge in [-0.1, -0.05) is 15.9 Å². The normalized spacial score (nSPS) is 15.6. The Bertz CT molecular complexity index is 347. The second kappa shape index (κ2) is 4.69. The van der Waals surface area contributed by atoms with E-state index < -0.39 is 24.7 Å². The maximum Gasteiger partial charge on any atom is 0.283 e. The van der Waals surface area contributed by atoms with Gasteiger partial charge in [0.1, 0.15) is 0 Å². The maximum atomic E-state index is 11.1. The Morgan fingerprint density at radius 1 is 1.38 bits per heavy atom. The van der Waals surface area contributed by atoms with E-state index in [0.29, 0.717) is 0 Å². The van der Waals surface area contributed by atoms with E-state index in [-0.39, 0.29) is 11.8 Å². The number of hydrogen-bond donors (Lipinski definition) is 2. The minimum absolute atomic E-state index is 0.165. The Morgan fingerprint density at radius 2 is 1.85 bits per heavy atom. The minimum Gasteiger partial charge on any atom is -0.285 e. The summed E-state index contributed by atoms with van der Waals surface area (Å²) < 4.78 is 52.1. The van der Waals surface area contributed by atoms with Gasteiger partial charge in [0.15, 0.2) is 0 Å². The Labute approximate surface area is 85.6 Å². The van der Waals surface area contributed by atoms with E-state index in [1.807, 2.05) is 4.72 Å². The predicted octanol–water partition coefficient (Wildman–Crippen LogP) is -0.465. The van der Waals surface area contributed by atoms with Crippen molar-refractivity contribution in [3.8, 4) is 0 Å². The first-order valence-electron chi connectivity index (χ1n) is 3.20. The Balaban J connectivity index is 5.07. The molecule has 0 aromatic carbocycles. The Hall–Kier alpha value is 0.300. The third kappa shape index (κ3) is 3.90. The third-order valence-corrected chi connectivity index (χ3v) is 5.65. The standard InChI is InChI=1S/C4H10BrNO5S2/c1-6-12(7,8)4(2-3-5)13(9,10)11/h4,6H,2-3H2,1H3,(H,9,10,11). The summed E-state index contributed by atoms with van der Waals surface area (Å²) in [4.78, 5) is 0. The first-order valence-corrected chi connectivity index (χ1v) is 7.37. The summed E-state index contributed by atoms with van der Waals surface area (Å²) in [5.41, 5.74) is 0. The highest BCUT2D eigenvalue weighted by molar-refractivity contribution is 9.09. The Kier molecular flexibility index (Phi) is 4.80. The van der Waals surface area contributed by atoms with Crippen LogP contribution in [-0.2, 0) is 20.1 Å². The van der Waals surface area contributed by atoms with Crippen molar-refractivity contribution in [2.75, 3.05) is 12.4 Å². The van der Waals surface area contributed by atoms with Crippen molar-refractivity contribution in [3.05, 3.63) is 0 Å². The van der Waals surface area contributed by atoms with Gasteiger partial charge in [0, 0.05) is 5.33 Å². The van der Waals surface area contributed by atoms with Gasteiger partial charge in [0.2, 0.25) is 14.6 Å². The van der Waals surface area contributed by atoms with Crippen LogP contribution in [0.2, 0.25) is 0 Å². The molecule has 0 aliphatic carbocycles. The average molecular weight is 296 g/mol. The molecule has 0 spiro atoms. The lowest BCUT2D eigenvalue weighted by Gasteiger charge is -2.11. The summed E-state index contributed by atoms with van der Waals surface area (Å²) >= 11 is 2.90. The van der Waals surface area contributed by atoms with E-state index in [1.54, 1.807) is 0 Å². The molecule has 0 aromatic rings. The molecule has 0 bridgehead atoms. The van der Waals surface area contributed by atoms with Gasteiger partial charge in [-0.25, -0.2) is 13.1 Å². The van der Waals surface area contributed by atoms with Crippen LogP contribution < -0.4 is 4.72 Å². The second-order valence-electron chi connectivity index (χ2n) is 2.17. The van der Waals surface area contributed by atoms with Gasteiger partial charge in [-0.15, -0.1) is 0 Å². The lowest BCUT2D eigenvalue weighted by Crippen LogP contribution is -2.37. The quantitative estimate of drug-likeness (QED) is 0.528. The highest BCUT2D eigenvalue weighted by Crippen LogP contribution is 2.12. The summed E-state index contributed by atoms with van der Waals surface area (Å²) in [6.45, 7) is 0. The zero-order valence-electron chi connectivity index (χ0n) is 6.77. The van der Waals surface area contributed by atoms with E-state index in [9.17, 15) is 16.8 Å². The monoisotopic (exact) mass is 295 g/mol. The number of halogens is 1. The predicted molar refractivity (Wildman–Crippen MR) is 51.7 cm³/mol. The van der Waals surface area contributed by atoms with Crippen LogP contribution in [-0.4, -0.2) is 38.3 Å². The van der Waals surface area contributed by atoms with E-state index in [4.69, 9.17) is 4.55 Å². The van der Waals surface area contributed by atoms with Crippen molar-refractivity contribution in [1.29, 1.82) is 0 Å². The van der Waals surface area contributed by atoms with Gasteiger partial charge in [0.25, 0.3) is 10.1 Å². The molecular formula is C4H10BrNO5S2. The molecule has 0 amide bonds. The molecule has 0 radical (unpaired) electrons. The molecular weight excluding hydrogens is 286 g/mol. The van der Waals surface area contributed by atoms with Crippen molar-refractivity contribution in [3.63, 3.8) is 0 Å². The molecule has 0 aliphatic rings. The van der Waals surface area contributed by atoms with Gasteiger partial charge in [0.05, 0.1) is 0 Å². The van der Waals surface area contributed by atoms with Crippen molar-refractivity contribution in [1.82, 2.24) is 4.72 Å². The van der Waals surface area contributed by atoms with Crippen molar-refractivity contribution >= 4 is 36.1 Å². The van der Waals surface area contributed by atoms with Crippen LogP contribution in [0.15, 0.2) is 0 Å². The number of sulfonamides is 1. The number of rotatable bonds is 5. The largest absolute Gasteiger partial charge is 0.285 e. The molecule has 2 N–H and O–H groups in total. The van der Waals surface area contributed by atoms with Crippen molar-refractivity contribution in [2.24, 2.45) is 0 Å². The van der Waals surface area contributed by atoms with Gasteiger partial charge in [-0.2, -0.15) is 8.42 Å². The zero-order chi connectivity index (χ0) is 10.7. The van der Waals surface area contributed by atoms with Gasteiger partial charge < -0.3 is 0 Å². The molecule has 0 fully saturated rings. The van der Waals surface area contributed by atoms with E-state index in [2.05, 4.69) is 15.9 Å². The first kappa shape index (κ1) is 13.3. The van der Waals surface area contributed by atoms with Crippen LogP contribution in [0.5, 0.6) is 0 Å². The molecule has 0 saturated carbocycles. The lowest BCUT2D eigenvalue weighted by molar-refractivity contribution is 0.474. The molecule has 0 aliphatic heterocycles. The van der Waals surface area contributed by atoms with Crippen LogP contribution in [0, 0.1) is 0 Å². The highest BCUT2D eigenvalue weighted by atomic mass is 79.9.